The molecule has 2 aromatic heterocycles. The minimum Gasteiger partial charge on any atom is -0.495 e. The van der Waals surface area contributed by atoms with E-state index < -0.39 is 15.9 Å². The fraction of sp³-hybridized carbons (Fsp3) is 0.182. The summed E-state index contributed by atoms with van der Waals surface area (Å²) in [6.07, 6.45) is 1.49. The summed E-state index contributed by atoms with van der Waals surface area (Å²) in [5.41, 5.74) is 0.874. The predicted molar refractivity (Wildman–Crippen MR) is 124 cm³/mol. The van der Waals surface area contributed by atoms with Gasteiger partial charge in [0.1, 0.15) is 27.5 Å². The van der Waals surface area contributed by atoms with Gasteiger partial charge in [-0.3, -0.25) is 10.1 Å². The highest BCUT2D eigenvalue weighted by Crippen LogP contribution is 2.38. The van der Waals surface area contributed by atoms with Crippen LogP contribution in [0.3, 0.4) is 0 Å². The summed E-state index contributed by atoms with van der Waals surface area (Å²) in [6, 6.07) is 12.6. The lowest BCUT2D eigenvalue weighted by Crippen LogP contribution is -2.26. The second kappa shape index (κ2) is 9.22. The third-order valence-corrected chi connectivity index (χ3v) is 7.72. The number of nitrogens with one attached hydrogen (secondary N) is 1. The van der Waals surface area contributed by atoms with Gasteiger partial charge in [0.25, 0.3) is 5.91 Å². The summed E-state index contributed by atoms with van der Waals surface area (Å²) in [5.74, 6) is 1.30. The van der Waals surface area contributed by atoms with Gasteiger partial charge in [-0.1, -0.05) is 11.3 Å². The van der Waals surface area contributed by atoms with Gasteiger partial charge in [0, 0.05) is 12.6 Å². The van der Waals surface area contributed by atoms with Crippen LogP contribution in [0.2, 0.25) is 0 Å². The summed E-state index contributed by atoms with van der Waals surface area (Å²) < 4.78 is 43.4. The first-order chi connectivity index (χ1) is 15.8. The van der Waals surface area contributed by atoms with Crippen LogP contribution in [0, 0.1) is 0 Å². The van der Waals surface area contributed by atoms with Crippen molar-refractivity contribution >= 4 is 42.6 Å². The molecule has 9 nitrogen and oxygen atoms in total. The summed E-state index contributed by atoms with van der Waals surface area (Å²) >= 11 is 1.25. The Morgan fingerprint density at radius 2 is 1.79 bits per heavy atom. The van der Waals surface area contributed by atoms with Gasteiger partial charge >= 0.3 is 0 Å². The number of ether oxygens (including phenoxy) is 2. The molecule has 0 radical (unpaired) electrons. The maximum atomic E-state index is 12.8. The van der Waals surface area contributed by atoms with E-state index in [4.69, 9.17) is 13.9 Å². The van der Waals surface area contributed by atoms with E-state index in [1.54, 1.807) is 38.5 Å². The summed E-state index contributed by atoms with van der Waals surface area (Å²) in [7, 11) is 0.819. The molecule has 11 heteroatoms. The molecule has 1 amide bonds. The van der Waals surface area contributed by atoms with E-state index in [-0.39, 0.29) is 11.4 Å². The number of nitrogens with zero attached hydrogens (tertiary/aromatic N) is 2. The van der Waals surface area contributed by atoms with Crippen molar-refractivity contribution in [3.63, 3.8) is 0 Å². The SMILES string of the molecule is COc1ccc(OC)c2sc(NC(=O)c3ccc(S(=O)(=O)N(C)Cc4ccco4)cc3)nc12. The number of amides is 1. The maximum Gasteiger partial charge on any atom is 0.257 e. The molecule has 0 aliphatic heterocycles. The molecule has 0 saturated carbocycles. The number of anilines is 1. The number of benzene rings is 2. The van der Waals surface area contributed by atoms with E-state index in [0.717, 1.165) is 4.70 Å². The molecule has 2 aromatic carbocycles. The van der Waals surface area contributed by atoms with Gasteiger partial charge < -0.3 is 13.9 Å². The van der Waals surface area contributed by atoms with Gasteiger partial charge in [0.05, 0.1) is 31.9 Å². The molecule has 0 atom stereocenters. The molecule has 0 aliphatic carbocycles. The number of hydrogen-bond acceptors (Lipinski definition) is 8. The molecule has 0 spiro atoms. The van der Waals surface area contributed by atoms with E-state index >= 15 is 0 Å². The number of aromatic nitrogens is 1. The first kappa shape index (κ1) is 22.8. The Morgan fingerprint density at radius 1 is 1.09 bits per heavy atom. The zero-order valence-corrected chi connectivity index (χ0v) is 19.7. The van der Waals surface area contributed by atoms with Crippen molar-refractivity contribution in [3.8, 4) is 11.5 Å². The molecule has 0 bridgehead atoms. The number of carbonyl (C=O) groups excluding carboxylic acids is 1. The Kier molecular flexibility index (Phi) is 6.36. The molecule has 0 fully saturated rings. The van der Waals surface area contributed by atoms with Gasteiger partial charge in [-0.2, -0.15) is 4.31 Å². The Hall–Kier alpha value is -3.41. The predicted octanol–water partition coefficient (Wildman–Crippen LogP) is 3.98. The van der Waals surface area contributed by atoms with E-state index in [0.29, 0.717) is 33.5 Å². The lowest BCUT2D eigenvalue weighted by atomic mass is 10.2. The zero-order valence-electron chi connectivity index (χ0n) is 18.1. The van der Waals surface area contributed by atoms with E-state index in [1.807, 2.05) is 0 Å². The fourth-order valence-corrected chi connectivity index (χ4v) is 5.28. The summed E-state index contributed by atoms with van der Waals surface area (Å²) in [4.78, 5) is 17.2. The zero-order chi connectivity index (χ0) is 23.6. The fourth-order valence-electron chi connectivity index (χ4n) is 3.17. The van der Waals surface area contributed by atoms with E-state index in [9.17, 15) is 13.2 Å². The molecule has 0 unspecified atom stereocenters. The first-order valence-corrected chi connectivity index (χ1v) is 12.0. The molecule has 4 rings (SSSR count). The Bertz CT molecular complexity index is 1340. The second-order valence-corrected chi connectivity index (χ2v) is 10.0. The number of furan rings is 1. The van der Waals surface area contributed by atoms with Gasteiger partial charge in [-0.25, -0.2) is 13.4 Å². The van der Waals surface area contributed by atoms with Crippen molar-refractivity contribution in [2.75, 3.05) is 26.6 Å². The van der Waals surface area contributed by atoms with Crippen LogP contribution in [0.25, 0.3) is 10.2 Å². The minimum atomic E-state index is -3.75. The first-order valence-electron chi connectivity index (χ1n) is 9.75. The van der Waals surface area contributed by atoms with E-state index in [1.165, 1.54) is 53.2 Å². The second-order valence-electron chi connectivity index (χ2n) is 6.99. The van der Waals surface area contributed by atoms with Crippen molar-refractivity contribution in [2.45, 2.75) is 11.4 Å². The number of thiazole rings is 1. The van der Waals surface area contributed by atoms with Crippen LogP contribution in [-0.4, -0.2) is 44.9 Å². The lowest BCUT2D eigenvalue weighted by molar-refractivity contribution is 0.102. The molecule has 4 aromatic rings. The maximum absolute atomic E-state index is 12.8. The topological polar surface area (TPSA) is 111 Å². The highest BCUT2D eigenvalue weighted by atomic mass is 32.2. The van der Waals surface area contributed by atoms with Gasteiger partial charge in [0.15, 0.2) is 5.13 Å². The third-order valence-electron chi connectivity index (χ3n) is 4.91. The number of fused-ring (bicyclic) bond motifs is 1. The average molecular weight is 488 g/mol. The van der Waals surface area contributed by atoms with Crippen LogP contribution in [0.4, 0.5) is 5.13 Å². The normalized spacial score (nSPS) is 11.6. The van der Waals surface area contributed by atoms with Crippen molar-refractivity contribution in [3.05, 3.63) is 66.1 Å². The Morgan fingerprint density at radius 3 is 2.42 bits per heavy atom. The molecular weight excluding hydrogens is 466 g/mol. The molecule has 2 heterocycles. The Labute approximate surface area is 194 Å². The monoisotopic (exact) mass is 487 g/mol. The smallest absolute Gasteiger partial charge is 0.257 e. The number of methoxy groups -OCH3 is 2. The summed E-state index contributed by atoms with van der Waals surface area (Å²) in [6.45, 7) is 0.0993. The number of rotatable bonds is 8. The largest absolute Gasteiger partial charge is 0.495 e. The van der Waals surface area contributed by atoms with Crippen molar-refractivity contribution in [2.24, 2.45) is 0 Å². The van der Waals surface area contributed by atoms with Gasteiger partial charge in [0.2, 0.25) is 10.0 Å². The summed E-state index contributed by atoms with van der Waals surface area (Å²) in [5, 5.41) is 3.11. The third kappa shape index (κ3) is 4.56. The van der Waals surface area contributed by atoms with Crippen LogP contribution in [0.15, 0.2) is 64.1 Å². The minimum absolute atomic E-state index is 0.0718. The molecule has 33 heavy (non-hydrogen) atoms. The molecule has 1 N–H and O–H groups in total. The number of sulfonamides is 1. The highest BCUT2D eigenvalue weighted by molar-refractivity contribution is 7.89. The lowest BCUT2D eigenvalue weighted by Gasteiger charge is -2.16. The Balaban J connectivity index is 1.52. The molecular formula is C22H21N3O6S2. The van der Waals surface area contributed by atoms with Crippen LogP contribution in [-0.2, 0) is 16.6 Å². The average Bonchev–Trinajstić information content (AvgIpc) is 3.48. The molecule has 0 saturated heterocycles. The van der Waals surface area contributed by atoms with Crippen molar-refractivity contribution in [1.82, 2.24) is 9.29 Å². The van der Waals surface area contributed by atoms with Gasteiger partial charge in [-0.15, -0.1) is 0 Å². The van der Waals surface area contributed by atoms with Crippen LogP contribution in [0.1, 0.15) is 16.1 Å². The standard InChI is InChI=1S/C22H21N3O6S2/c1-25(13-15-5-4-12-31-15)33(27,28)16-8-6-14(7-9-16)21(26)24-22-23-19-17(29-2)10-11-18(30-3)20(19)32-22/h4-12H,13H2,1-3H3,(H,23,24,26). The molecule has 172 valence electrons. The quantitative estimate of drug-likeness (QED) is 0.400. The number of carbonyl (C=O) groups is 1. The van der Waals surface area contributed by atoms with Crippen LogP contribution < -0.4 is 14.8 Å². The highest BCUT2D eigenvalue weighted by Gasteiger charge is 2.22. The molecule has 0 aliphatic rings. The van der Waals surface area contributed by atoms with Crippen molar-refractivity contribution < 1.29 is 27.1 Å². The van der Waals surface area contributed by atoms with Crippen LogP contribution in [0.5, 0.6) is 11.5 Å². The van der Waals surface area contributed by atoms with E-state index in [2.05, 4.69) is 10.3 Å². The van der Waals surface area contributed by atoms with Crippen molar-refractivity contribution in [1.29, 1.82) is 0 Å². The van der Waals surface area contributed by atoms with Gasteiger partial charge in [-0.05, 0) is 48.5 Å². The van der Waals surface area contributed by atoms with Crippen LogP contribution >= 0.6 is 11.3 Å². The number of hydrogen-bond donors (Lipinski definition) is 1.